The molecular weight excluding hydrogens is 370 g/mol. The molecule has 2 heterocycles. The van der Waals surface area contributed by atoms with Gasteiger partial charge in [-0.05, 0) is 30.5 Å². The quantitative estimate of drug-likeness (QED) is 0.687. The molecule has 4 rings (SSSR count). The van der Waals surface area contributed by atoms with Crippen LogP contribution >= 0.6 is 15.9 Å². The minimum absolute atomic E-state index is 0.152. The van der Waals surface area contributed by atoms with E-state index in [2.05, 4.69) is 20.9 Å². The van der Waals surface area contributed by atoms with Gasteiger partial charge in [-0.1, -0.05) is 28.1 Å². The largest absolute Gasteiger partial charge is 0.378 e. The van der Waals surface area contributed by atoms with Crippen molar-refractivity contribution in [2.45, 2.75) is 25.9 Å². The summed E-state index contributed by atoms with van der Waals surface area (Å²) in [5.74, 6) is 0.152. The Kier molecular flexibility index (Phi) is 3.94. The van der Waals surface area contributed by atoms with Crippen LogP contribution in [-0.2, 0) is 17.8 Å². The van der Waals surface area contributed by atoms with Crippen LogP contribution in [0.3, 0.4) is 0 Å². The molecule has 24 heavy (non-hydrogen) atoms. The molecule has 1 aliphatic rings. The molecule has 3 aromatic rings. The highest BCUT2D eigenvalue weighted by Gasteiger charge is 2.24. The molecule has 0 amide bonds. The van der Waals surface area contributed by atoms with E-state index >= 15 is 0 Å². The van der Waals surface area contributed by atoms with Gasteiger partial charge in [-0.2, -0.15) is 5.10 Å². The van der Waals surface area contributed by atoms with Gasteiger partial charge in [0.1, 0.15) is 0 Å². The predicted octanol–water partition coefficient (Wildman–Crippen LogP) is 3.82. The maximum atomic E-state index is 12.1. The number of Topliss-reactive ketones (excluding diaryl/α,β-unsaturated/α-hetero) is 1. The van der Waals surface area contributed by atoms with Crippen molar-refractivity contribution in [3.8, 4) is 11.1 Å². The first-order chi connectivity index (χ1) is 11.7. The fourth-order valence-corrected chi connectivity index (χ4v) is 3.51. The number of carbonyl (C=O) groups excluding carboxylic acids is 1. The number of hydrogen-bond donors (Lipinski definition) is 0. The standard InChI is InChI=1S/C18H16BrN3O2/c1-24-10-14-17(11-5-7-12(19)8-6-11)18-20-9-13-15(22(18)21-14)3-2-4-16(13)23/h5-9H,2-4,10H2,1H3. The summed E-state index contributed by atoms with van der Waals surface area (Å²) in [6, 6.07) is 8.06. The van der Waals surface area contributed by atoms with Gasteiger partial charge in [-0.25, -0.2) is 9.50 Å². The molecule has 0 fully saturated rings. The van der Waals surface area contributed by atoms with Crippen molar-refractivity contribution in [2.75, 3.05) is 7.11 Å². The number of methoxy groups -OCH3 is 1. The summed E-state index contributed by atoms with van der Waals surface area (Å²) < 4.78 is 8.18. The number of carbonyl (C=O) groups is 1. The number of ketones is 1. The molecule has 6 heteroatoms. The van der Waals surface area contributed by atoms with Crippen LogP contribution in [0.2, 0.25) is 0 Å². The average Bonchev–Trinajstić information content (AvgIpc) is 2.95. The van der Waals surface area contributed by atoms with Gasteiger partial charge >= 0.3 is 0 Å². The summed E-state index contributed by atoms with van der Waals surface area (Å²) >= 11 is 3.46. The van der Waals surface area contributed by atoms with E-state index in [0.29, 0.717) is 18.6 Å². The van der Waals surface area contributed by atoms with Gasteiger partial charge in [-0.3, -0.25) is 4.79 Å². The van der Waals surface area contributed by atoms with E-state index in [9.17, 15) is 4.79 Å². The molecule has 2 aromatic heterocycles. The zero-order valence-corrected chi connectivity index (χ0v) is 14.8. The number of ether oxygens (including phenoxy) is 1. The number of rotatable bonds is 3. The Labute approximate surface area is 147 Å². The fraction of sp³-hybridized carbons (Fsp3) is 0.278. The normalized spacial score (nSPS) is 14.2. The topological polar surface area (TPSA) is 56.5 Å². The Bertz CT molecular complexity index is 932. The highest BCUT2D eigenvalue weighted by molar-refractivity contribution is 9.10. The number of aryl methyl sites for hydroxylation is 1. The first-order valence-corrected chi connectivity index (χ1v) is 8.66. The van der Waals surface area contributed by atoms with E-state index in [1.165, 1.54) is 0 Å². The van der Waals surface area contributed by atoms with Gasteiger partial charge in [0.2, 0.25) is 0 Å². The molecule has 122 valence electrons. The van der Waals surface area contributed by atoms with Crippen LogP contribution in [0.4, 0.5) is 0 Å². The molecule has 5 nitrogen and oxygen atoms in total. The Balaban J connectivity index is 1.99. The summed E-state index contributed by atoms with van der Waals surface area (Å²) in [5.41, 5.74) is 5.26. The van der Waals surface area contributed by atoms with Crippen LogP contribution in [-0.4, -0.2) is 27.5 Å². The summed E-state index contributed by atoms with van der Waals surface area (Å²) in [4.78, 5) is 16.7. The number of halogens is 1. The lowest BCUT2D eigenvalue weighted by atomic mass is 9.96. The molecular formula is C18H16BrN3O2. The number of fused-ring (bicyclic) bond motifs is 3. The first-order valence-electron chi connectivity index (χ1n) is 7.86. The van der Waals surface area contributed by atoms with E-state index in [-0.39, 0.29) is 5.78 Å². The Hall–Kier alpha value is -2.05. The fourth-order valence-electron chi connectivity index (χ4n) is 3.25. The summed E-state index contributed by atoms with van der Waals surface area (Å²) in [7, 11) is 1.65. The number of benzene rings is 1. The zero-order chi connectivity index (χ0) is 16.7. The van der Waals surface area contributed by atoms with Crippen LogP contribution < -0.4 is 0 Å². The van der Waals surface area contributed by atoms with E-state index in [1.54, 1.807) is 13.3 Å². The summed E-state index contributed by atoms with van der Waals surface area (Å²) in [6.07, 6.45) is 3.99. The van der Waals surface area contributed by atoms with Gasteiger partial charge in [0.15, 0.2) is 11.4 Å². The maximum Gasteiger partial charge on any atom is 0.166 e. The van der Waals surface area contributed by atoms with Crippen LogP contribution in [0.15, 0.2) is 34.9 Å². The van der Waals surface area contributed by atoms with E-state index in [4.69, 9.17) is 9.84 Å². The Morgan fingerprint density at radius 2 is 2.04 bits per heavy atom. The molecule has 0 saturated carbocycles. The smallest absolute Gasteiger partial charge is 0.166 e. The lowest BCUT2D eigenvalue weighted by Gasteiger charge is -2.15. The first kappa shape index (κ1) is 15.5. The van der Waals surface area contributed by atoms with Crippen molar-refractivity contribution in [3.05, 3.63) is 51.9 Å². The monoisotopic (exact) mass is 385 g/mol. The van der Waals surface area contributed by atoms with Gasteiger partial charge in [-0.15, -0.1) is 0 Å². The maximum absolute atomic E-state index is 12.1. The average molecular weight is 386 g/mol. The van der Waals surface area contributed by atoms with Crippen molar-refractivity contribution in [2.24, 2.45) is 0 Å². The highest BCUT2D eigenvalue weighted by atomic mass is 79.9. The second-order valence-electron chi connectivity index (χ2n) is 5.89. The van der Waals surface area contributed by atoms with Gasteiger partial charge < -0.3 is 4.74 Å². The lowest BCUT2D eigenvalue weighted by Crippen LogP contribution is -2.16. The Morgan fingerprint density at radius 3 is 2.79 bits per heavy atom. The molecule has 0 spiro atoms. The summed E-state index contributed by atoms with van der Waals surface area (Å²) in [6.45, 7) is 0.400. The molecule has 0 unspecified atom stereocenters. The van der Waals surface area contributed by atoms with Crippen molar-refractivity contribution >= 4 is 27.4 Å². The molecule has 0 aliphatic heterocycles. The third-order valence-electron chi connectivity index (χ3n) is 4.35. The Morgan fingerprint density at radius 1 is 1.25 bits per heavy atom. The third-order valence-corrected chi connectivity index (χ3v) is 4.88. The van der Waals surface area contributed by atoms with Crippen molar-refractivity contribution in [1.29, 1.82) is 0 Å². The third kappa shape index (κ3) is 2.46. The summed E-state index contributed by atoms with van der Waals surface area (Å²) in [5, 5.41) is 4.71. The number of nitrogens with zero attached hydrogens (tertiary/aromatic N) is 3. The SMILES string of the molecule is COCc1nn2c3c(cnc2c1-c1ccc(Br)cc1)C(=O)CCC3. The van der Waals surface area contributed by atoms with E-state index < -0.39 is 0 Å². The minimum Gasteiger partial charge on any atom is -0.378 e. The molecule has 1 aliphatic carbocycles. The van der Waals surface area contributed by atoms with Crippen molar-refractivity contribution < 1.29 is 9.53 Å². The lowest BCUT2D eigenvalue weighted by molar-refractivity contribution is 0.0970. The number of aromatic nitrogens is 3. The molecule has 0 saturated heterocycles. The van der Waals surface area contributed by atoms with Crippen molar-refractivity contribution in [3.63, 3.8) is 0 Å². The van der Waals surface area contributed by atoms with Gasteiger partial charge in [0, 0.05) is 24.2 Å². The predicted molar refractivity (Wildman–Crippen MR) is 94.1 cm³/mol. The van der Waals surface area contributed by atoms with Crippen LogP contribution in [0.5, 0.6) is 0 Å². The second kappa shape index (κ2) is 6.11. The van der Waals surface area contributed by atoms with Gasteiger partial charge in [0.05, 0.1) is 29.1 Å². The second-order valence-corrected chi connectivity index (χ2v) is 6.81. The molecule has 0 atom stereocenters. The van der Waals surface area contributed by atoms with E-state index in [0.717, 1.165) is 45.5 Å². The zero-order valence-electron chi connectivity index (χ0n) is 13.3. The molecule has 1 aromatic carbocycles. The van der Waals surface area contributed by atoms with Crippen LogP contribution in [0.25, 0.3) is 16.8 Å². The van der Waals surface area contributed by atoms with Crippen LogP contribution in [0.1, 0.15) is 34.6 Å². The van der Waals surface area contributed by atoms with Gasteiger partial charge in [0.25, 0.3) is 0 Å². The van der Waals surface area contributed by atoms with Crippen LogP contribution in [0, 0.1) is 0 Å². The molecule has 0 radical (unpaired) electrons. The molecule has 0 N–H and O–H groups in total. The molecule has 0 bridgehead atoms. The number of hydrogen-bond acceptors (Lipinski definition) is 4. The van der Waals surface area contributed by atoms with E-state index in [1.807, 2.05) is 28.8 Å². The van der Waals surface area contributed by atoms with Crippen molar-refractivity contribution in [1.82, 2.24) is 14.6 Å². The highest BCUT2D eigenvalue weighted by Crippen LogP contribution is 2.31. The minimum atomic E-state index is 0.152.